The Morgan fingerprint density at radius 2 is 2.15 bits per heavy atom. The van der Waals surface area contributed by atoms with E-state index in [1.807, 2.05) is 11.9 Å². The van der Waals surface area contributed by atoms with Crippen LogP contribution in [-0.2, 0) is 11.2 Å². The average Bonchev–Trinajstić information content (AvgIpc) is 2.49. The molecule has 1 fully saturated rings. The SMILES string of the molecule is CNCC(=O)N1CCCC(CCCc2ccccc2)C1. The summed E-state index contributed by atoms with van der Waals surface area (Å²) < 4.78 is 0. The van der Waals surface area contributed by atoms with Gasteiger partial charge in [-0.25, -0.2) is 0 Å². The summed E-state index contributed by atoms with van der Waals surface area (Å²) in [7, 11) is 1.83. The van der Waals surface area contributed by atoms with Gasteiger partial charge in [0.15, 0.2) is 0 Å². The van der Waals surface area contributed by atoms with Crippen molar-refractivity contribution in [2.45, 2.75) is 32.1 Å². The van der Waals surface area contributed by atoms with E-state index in [-0.39, 0.29) is 5.91 Å². The first kappa shape index (κ1) is 15.0. The Kier molecular flexibility index (Phi) is 6.06. The molecule has 1 aliphatic rings. The molecule has 3 nitrogen and oxygen atoms in total. The third-order valence-electron chi connectivity index (χ3n) is 4.12. The average molecular weight is 274 g/mol. The van der Waals surface area contributed by atoms with Crippen molar-refractivity contribution in [2.75, 3.05) is 26.7 Å². The van der Waals surface area contributed by atoms with Crippen LogP contribution in [0, 0.1) is 5.92 Å². The van der Waals surface area contributed by atoms with Gasteiger partial charge in [-0.2, -0.15) is 0 Å². The van der Waals surface area contributed by atoms with Crippen LogP contribution in [-0.4, -0.2) is 37.5 Å². The zero-order chi connectivity index (χ0) is 14.2. The molecule has 1 saturated heterocycles. The van der Waals surface area contributed by atoms with Gasteiger partial charge in [0.25, 0.3) is 0 Å². The lowest BCUT2D eigenvalue weighted by Crippen LogP contribution is -2.43. The molecule has 0 aliphatic carbocycles. The molecule has 0 aromatic heterocycles. The maximum Gasteiger partial charge on any atom is 0.236 e. The Labute approximate surface area is 122 Å². The molecule has 1 amide bonds. The number of amides is 1. The third-order valence-corrected chi connectivity index (χ3v) is 4.12. The van der Waals surface area contributed by atoms with E-state index in [1.54, 1.807) is 0 Å². The summed E-state index contributed by atoms with van der Waals surface area (Å²) in [5.41, 5.74) is 1.42. The number of nitrogens with zero attached hydrogens (tertiary/aromatic N) is 1. The monoisotopic (exact) mass is 274 g/mol. The number of hydrogen-bond donors (Lipinski definition) is 1. The number of carbonyl (C=O) groups is 1. The molecule has 1 aromatic rings. The van der Waals surface area contributed by atoms with E-state index in [0.29, 0.717) is 12.5 Å². The Hall–Kier alpha value is -1.35. The van der Waals surface area contributed by atoms with E-state index in [9.17, 15) is 4.79 Å². The first-order valence-electron chi connectivity index (χ1n) is 7.76. The van der Waals surface area contributed by atoms with Gasteiger partial charge in [0.05, 0.1) is 6.54 Å². The molecule has 0 spiro atoms. The molecular formula is C17H26N2O. The Bertz CT molecular complexity index is 405. The lowest BCUT2D eigenvalue weighted by atomic mass is 9.92. The molecule has 1 aliphatic heterocycles. The van der Waals surface area contributed by atoms with Gasteiger partial charge >= 0.3 is 0 Å². The molecule has 0 radical (unpaired) electrons. The lowest BCUT2D eigenvalue weighted by Gasteiger charge is -2.33. The van der Waals surface area contributed by atoms with E-state index in [2.05, 4.69) is 35.6 Å². The van der Waals surface area contributed by atoms with Gasteiger partial charge in [-0.1, -0.05) is 30.3 Å². The number of hydrogen-bond acceptors (Lipinski definition) is 2. The molecule has 2 rings (SSSR count). The Morgan fingerprint density at radius 3 is 2.90 bits per heavy atom. The highest BCUT2D eigenvalue weighted by Crippen LogP contribution is 2.22. The minimum absolute atomic E-state index is 0.250. The zero-order valence-corrected chi connectivity index (χ0v) is 12.5. The second-order valence-corrected chi connectivity index (χ2v) is 5.76. The van der Waals surface area contributed by atoms with Crippen LogP contribution < -0.4 is 5.32 Å². The second kappa shape index (κ2) is 8.05. The number of rotatable bonds is 6. The van der Waals surface area contributed by atoms with E-state index in [1.165, 1.54) is 24.8 Å². The topological polar surface area (TPSA) is 32.3 Å². The van der Waals surface area contributed by atoms with Crippen molar-refractivity contribution >= 4 is 5.91 Å². The van der Waals surface area contributed by atoms with E-state index < -0.39 is 0 Å². The van der Waals surface area contributed by atoms with Gasteiger partial charge in [-0.05, 0) is 50.6 Å². The molecule has 1 N–H and O–H groups in total. The summed E-state index contributed by atoms with van der Waals surface area (Å²) in [5.74, 6) is 0.938. The molecule has 3 heteroatoms. The predicted molar refractivity (Wildman–Crippen MR) is 82.6 cm³/mol. The highest BCUT2D eigenvalue weighted by atomic mass is 16.2. The van der Waals surface area contributed by atoms with Crippen molar-refractivity contribution in [3.63, 3.8) is 0 Å². The number of likely N-dealkylation sites (N-methyl/N-ethyl adjacent to an activating group) is 1. The summed E-state index contributed by atoms with van der Waals surface area (Å²) in [6.07, 6.45) is 6.05. The van der Waals surface area contributed by atoms with Crippen molar-refractivity contribution in [3.05, 3.63) is 35.9 Å². The van der Waals surface area contributed by atoms with Gasteiger partial charge < -0.3 is 10.2 Å². The molecule has 1 heterocycles. The summed E-state index contributed by atoms with van der Waals surface area (Å²) in [5, 5.41) is 2.95. The molecular weight excluding hydrogens is 248 g/mol. The van der Waals surface area contributed by atoms with Crippen LogP contribution in [0.25, 0.3) is 0 Å². The summed E-state index contributed by atoms with van der Waals surface area (Å²) in [6, 6.07) is 10.7. The van der Waals surface area contributed by atoms with Gasteiger partial charge in [-0.3, -0.25) is 4.79 Å². The van der Waals surface area contributed by atoms with Crippen LogP contribution in [0.4, 0.5) is 0 Å². The predicted octanol–water partition coefficient (Wildman–Crippen LogP) is 2.47. The maximum atomic E-state index is 11.9. The lowest BCUT2D eigenvalue weighted by molar-refractivity contribution is -0.132. The fourth-order valence-corrected chi connectivity index (χ4v) is 3.03. The Morgan fingerprint density at radius 1 is 1.35 bits per heavy atom. The zero-order valence-electron chi connectivity index (χ0n) is 12.5. The number of piperidine rings is 1. The van der Waals surface area contributed by atoms with Crippen LogP contribution in [0.2, 0.25) is 0 Å². The first-order valence-corrected chi connectivity index (χ1v) is 7.76. The molecule has 1 unspecified atom stereocenters. The second-order valence-electron chi connectivity index (χ2n) is 5.76. The minimum Gasteiger partial charge on any atom is -0.341 e. The maximum absolute atomic E-state index is 11.9. The van der Waals surface area contributed by atoms with Crippen LogP contribution >= 0.6 is 0 Å². The fourth-order valence-electron chi connectivity index (χ4n) is 3.03. The number of aryl methyl sites for hydroxylation is 1. The normalized spacial score (nSPS) is 19.1. The summed E-state index contributed by atoms with van der Waals surface area (Å²) >= 11 is 0. The molecule has 1 aromatic carbocycles. The van der Waals surface area contributed by atoms with Crippen LogP contribution in [0.1, 0.15) is 31.2 Å². The van der Waals surface area contributed by atoms with Crippen LogP contribution in [0.15, 0.2) is 30.3 Å². The number of carbonyl (C=O) groups excluding carboxylic acids is 1. The number of benzene rings is 1. The summed E-state index contributed by atoms with van der Waals surface area (Å²) in [4.78, 5) is 13.9. The van der Waals surface area contributed by atoms with Crippen LogP contribution in [0.5, 0.6) is 0 Å². The van der Waals surface area contributed by atoms with Gasteiger partial charge in [-0.15, -0.1) is 0 Å². The molecule has 0 bridgehead atoms. The number of nitrogens with one attached hydrogen (secondary N) is 1. The Balaban J connectivity index is 1.71. The molecule has 1 atom stereocenters. The van der Waals surface area contributed by atoms with E-state index in [4.69, 9.17) is 0 Å². The van der Waals surface area contributed by atoms with Crippen LogP contribution in [0.3, 0.4) is 0 Å². The van der Waals surface area contributed by atoms with E-state index >= 15 is 0 Å². The molecule has 20 heavy (non-hydrogen) atoms. The van der Waals surface area contributed by atoms with Gasteiger partial charge in [0.2, 0.25) is 5.91 Å². The molecule has 0 saturated carbocycles. The van der Waals surface area contributed by atoms with Gasteiger partial charge in [0, 0.05) is 13.1 Å². The van der Waals surface area contributed by atoms with Crippen molar-refractivity contribution in [2.24, 2.45) is 5.92 Å². The van der Waals surface area contributed by atoms with Gasteiger partial charge in [0.1, 0.15) is 0 Å². The minimum atomic E-state index is 0.250. The van der Waals surface area contributed by atoms with Crippen molar-refractivity contribution in [3.8, 4) is 0 Å². The highest BCUT2D eigenvalue weighted by Gasteiger charge is 2.22. The third kappa shape index (κ3) is 4.64. The first-order chi connectivity index (χ1) is 9.79. The standard InChI is InChI=1S/C17H26N2O/c1-18-13-17(20)19-12-6-11-16(14-19)10-5-9-15-7-3-2-4-8-15/h2-4,7-8,16,18H,5-6,9-14H2,1H3. The molecule has 110 valence electrons. The van der Waals surface area contributed by atoms with E-state index in [0.717, 1.165) is 25.9 Å². The summed E-state index contributed by atoms with van der Waals surface area (Å²) in [6.45, 7) is 2.36. The van der Waals surface area contributed by atoms with Crippen molar-refractivity contribution in [1.29, 1.82) is 0 Å². The quantitative estimate of drug-likeness (QED) is 0.864. The van der Waals surface area contributed by atoms with Crippen molar-refractivity contribution in [1.82, 2.24) is 10.2 Å². The fraction of sp³-hybridized carbons (Fsp3) is 0.588. The highest BCUT2D eigenvalue weighted by molar-refractivity contribution is 5.78. The van der Waals surface area contributed by atoms with Crippen molar-refractivity contribution < 1.29 is 4.79 Å². The largest absolute Gasteiger partial charge is 0.341 e. The smallest absolute Gasteiger partial charge is 0.236 e. The number of likely N-dealkylation sites (tertiary alicyclic amines) is 1.